The lowest BCUT2D eigenvalue weighted by Gasteiger charge is -2.10. The first-order valence-electron chi connectivity index (χ1n) is 18.5. The Kier molecular flexibility index (Phi) is 7.83. The van der Waals surface area contributed by atoms with E-state index in [0.717, 1.165) is 43.9 Å². The summed E-state index contributed by atoms with van der Waals surface area (Å²) in [6.07, 6.45) is 0. The molecule has 0 aliphatic carbocycles. The maximum absolute atomic E-state index is 5.18. The van der Waals surface area contributed by atoms with Gasteiger partial charge in [-0.2, -0.15) is 0 Å². The molecular weight excluding hydrogens is 721 g/mol. The highest BCUT2D eigenvalue weighted by atomic mass is 32.1. The molecule has 0 amide bonds. The Balaban J connectivity index is 1.01. The average Bonchev–Trinajstić information content (AvgIpc) is 3.90. The van der Waals surface area contributed by atoms with E-state index < -0.39 is 0 Å². The Morgan fingerprint density at radius 3 is 1.75 bits per heavy atom. The van der Waals surface area contributed by atoms with Gasteiger partial charge in [-0.05, 0) is 64.0 Å². The van der Waals surface area contributed by atoms with Crippen molar-refractivity contribution in [3.05, 3.63) is 182 Å². The van der Waals surface area contributed by atoms with Crippen molar-refractivity contribution >= 4 is 63.8 Å². The molecule has 0 fully saturated rings. The predicted molar refractivity (Wildman–Crippen MR) is 236 cm³/mol. The average molecular weight is 751 g/mol. The first-order valence-corrected chi connectivity index (χ1v) is 20.2. The third-order valence-corrected chi connectivity index (χ3v) is 12.7. The minimum Gasteiger partial charge on any atom is -0.236 e. The van der Waals surface area contributed by atoms with Crippen LogP contribution in [0.1, 0.15) is 0 Å². The van der Waals surface area contributed by atoms with E-state index in [1.807, 2.05) is 18.2 Å². The molecule has 262 valence electrons. The molecule has 0 radical (unpaired) electrons. The molecule has 11 rings (SSSR count). The molecule has 0 N–H and O–H groups in total. The standard InChI is InChI=1S/C50H30N4S2/c1-3-12-31(13-4-1)34-16-10-19-38(29-34)50-51-43-27-26-32-24-25-36(30-42(32)46(43)56-50)35-17-9-18-37(28-35)48-52-47(33-14-5-2-6-15-33)53-49(54-48)41-22-11-21-40-39-20-7-8-23-44(39)55-45(40)41/h1-30H. The number of thiophene rings is 1. The highest BCUT2D eigenvalue weighted by Crippen LogP contribution is 2.41. The summed E-state index contributed by atoms with van der Waals surface area (Å²) >= 11 is 3.53. The van der Waals surface area contributed by atoms with Crippen LogP contribution in [0.15, 0.2) is 182 Å². The summed E-state index contributed by atoms with van der Waals surface area (Å²) in [5, 5.41) is 5.87. The summed E-state index contributed by atoms with van der Waals surface area (Å²) in [6.45, 7) is 0. The van der Waals surface area contributed by atoms with E-state index in [-0.39, 0.29) is 0 Å². The first kappa shape index (κ1) is 32.6. The van der Waals surface area contributed by atoms with Gasteiger partial charge in [0.1, 0.15) is 5.01 Å². The summed E-state index contributed by atoms with van der Waals surface area (Å²) in [4.78, 5) is 20.5. The molecule has 11 aromatic rings. The highest BCUT2D eigenvalue weighted by Gasteiger charge is 2.17. The van der Waals surface area contributed by atoms with Crippen molar-refractivity contribution in [1.82, 2.24) is 19.9 Å². The smallest absolute Gasteiger partial charge is 0.165 e. The second kappa shape index (κ2) is 13.5. The fourth-order valence-electron chi connectivity index (χ4n) is 7.57. The van der Waals surface area contributed by atoms with Crippen LogP contribution >= 0.6 is 22.7 Å². The molecule has 4 nitrogen and oxygen atoms in total. The molecular formula is C50H30N4S2. The fraction of sp³-hybridized carbons (Fsp3) is 0. The Morgan fingerprint density at radius 1 is 0.321 bits per heavy atom. The van der Waals surface area contributed by atoms with Gasteiger partial charge in [-0.1, -0.05) is 146 Å². The summed E-state index contributed by atoms with van der Waals surface area (Å²) < 4.78 is 3.61. The predicted octanol–water partition coefficient (Wildman–Crippen LogP) is 14.0. The Bertz CT molecular complexity index is 3260. The zero-order valence-electron chi connectivity index (χ0n) is 29.9. The normalized spacial score (nSPS) is 11.6. The molecule has 0 saturated heterocycles. The van der Waals surface area contributed by atoms with Crippen molar-refractivity contribution in [2.75, 3.05) is 0 Å². The fourth-order valence-corrected chi connectivity index (χ4v) is 9.87. The van der Waals surface area contributed by atoms with E-state index in [4.69, 9.17) is 19.9 Å². The van der Waals surface area contributed by atoms with Crippen LogP contribution in [0.2, 0.25) is 0 Å². The number of hydrogen-bond acceptors (Lipinski definition) is 6. The van der Waals surface area contributed by atoms with Gasteiger partial charge in [0.2, 0.25) is 0 Å². The molecule has 8 aromatic carbocycles. The van der Waals surface area contributed by atoms with E-state index >= 15 is 0 Å². The van der Waals surface area contributed by atoms with Crippen molar-refractivity contribution in [1.29, 1.82) is 0 Å². The van der Waals surface area contributed by atoms with Gasteiger partial charge in [-0.25, -0.2) is 19.9 Å². The first-order chi connectivity index (χ1) is 27.7. The van der Waals surface area contributed by atoms with Gasteiger partial charge in [0.15, 0.2) is 17.5 Å². The van der Waals surface area contributed by atoms with E-state index in [0.29, 0.717) is 17.5 Å². The van der Waals surface area contributed by atoms with Crippen molar-refractivity contribution < 1.29 is 0 Å². The van der Waals surface area contributed by atoms with Crippen molar-refractivity contribution in [3.8, 4) is 67.0 Å². The summed E-state index contributed by atoms with van der Waals surface area (Å²) in [7, 11) is 0. The van der Waals surface area contributed by atoms with E-state index in [1.165, 1.54) is 46.8 Å². The van der Waals surface area contributed by atoms with Crippen LogP contribution < -0.4 is 0 Å². The molecule has 0 spiro atoms. The molecule has 0 atom stereocenters. The van der Waals surface area contributed by atoms with Gasteiger partial charge in [0.05, 0.1) is 10.2 Å². The lowest BCUT2D eigenvalue weighted by Crippen LogP contribution is -2.00. The number of nitrogens with zero attached hydrogens (tertiary/aromatic N) is 4. The van der Waals surface area contributed by atoms with Crippen molar-refractivity contribution in [2.45, 2.75) is 0 Å². The number of fused-ring (bicyclic) bond motifs is 6. The molecule has 6 heteroatoms. The molecule has 56 heavy (non-hydrogen) atoms. The molecule has 0 saturated carbocycles. The van der Waals surface area contributed by atoms with Gasteiger partial charge in [-0.3, -0.25) is 0 Å². The Labute approximate surface area is 331 Å². The minimum atomic E-state index is 0.641. The number of benzene rings is 8. The van der Waals surface area contributed by atoms with Crippen LogP contribution in [0, 0.1) is 0 Å². The van der Waals surface area contributed by atoms with E-state index in [9.17, 15) is 0 Å². The SMILES string of the molecule is c1ccc(-c2cccc(-c3nc4ccc5ccc(-c6cccc(-c7nc(-c8ccccc8)nc(-c8cccc9c8sc8ccccc89)n7)c6)cc5c4s3)c2)cc1. The minimum absolute atomic E-state index is 0.641. The third-order valence-electron chi connectivity index (χ3n) is 10.4. The monoisotopic (exact) mass is 750 g/mol. The summed E-state index contributed by atoms with van der Waals surface area (Å²) in [5.41, 5.74) is 9.63. The number of hydrogen-bond donors (Lipinski definition) is 0. The number of rotatable bonds is 6. The van der Waals surface area contributed by atoms with Crippen LogP contribution in [-0.2, 0) is 0 Å². The quantitative estimate of drug-likeness (QED) is 0.170. The maximum Gasteiger partial charge on any atom is 0.165 e. The molecule has 3 aromatic heterocycles. The highest BCUT2D eigenvalue weighted by molar-refractivity contribution is 7.26. The van der Waals surface area contributed by atoms with Crippen LogP contribution in [0.3, 0.4) is 0 Å². The largest absolute Gasteiger partial charge is 0.236 e. The second-order valence-electron chi connectivity index (χ2n) is 13.8. The maximum atomic E-state index is 5.18. The van der Waals surface area contributed by atoms with Gasteiger partial charge in [-0.15, -0.1) is 22.7 Å². The zero-order chi connectivity index (χ0) is 37.0. The van der Waals surface area contributed by atoms with Crippen molar-refractivity contribution in [3.63, 3.8) is 0 Å². The molecule has 0 aliphatic heterocycles. The van der Waals surface area contributed by atoms with Crippen LogP contribution in [-0.4, -0.2) is 19.9 Å². The summed E-state index contributed by atoms with van der Waals surface area (Å²) in [6, 6.07) is 63.9. The van der Waals surface area contributed by atoms with Crippen molar-refractivity contribution in [2.24, 2.45) is 0 Å². The molecule has 0 unspecified atom stereocenters. The Hall–Kier alpha value is -6.86. The van der Waals surface area contributed by atoms with Crippen LogP contribution in [0.5, 0.6) is 0 Å². The molecule has 3 heterocycles. The zero-order valence-corrected chi connectivity index (χ0v) is 31.6. The van der Waals surface area contributed by atoms with Gasteiger partial charge in [0.25, 0.3) is 0 Å². The second-order valence-corrected chi connectivity index (χ2v) is 15.9. The van der Waals surface area contributed by atoms with Crippen LogP contribution in [0.25, 0.3) is 108 Å². The van der Waals surface area contributed by atoms with Gasteiger partial charge < -0.3 is 0 Å². The Morgan fingerprint density at radius 2 is 0.911 bits per heavy atom. The van der Waals surface area contributed by atoms with E-state index in [1.54, 1.807) is 22.7 Å². The molecule has 0 aliphatic rings. The van der Waals surface area contributed by atoms with E-state index in [2.05, 4.69) is 164 Å². The lowest BCUT2D eigenvalue weighted by molar-refractivity contribution is 1.08. The van der Waals surface area contributed by atoms with Gasteiger partial charge >= 0.3 is 0 Å². The van der Waals surface area contributed by atoms with Gasteiger partial charge in [0, 0.05) is 47.8 Å². The summed E-state index contributed by atoms with van der Waals surface area (Å²) in [5.74, 6) is 1.96. The number of aromatic nitrogens is 4. The van der Waals surface area contributed by atoms with Crippen LogP contribution in [0.4, 0.5) is 0 Å². The number of thiazole rings is 1. The third kappa shape index (κ3) is 5.75. The lowest BCUT2D eigenvalue weighted by atomic mass is 9.99. The topological polar surface area (TPSA) is 51.6 Å². The molecule has 0 bridgehead atoms.